The van der Waals surface area contributed by atoms with E-state index in [1.165, 1.54) is 24.3 Å². The molecule has 1 saturated carbocycles. The first-order valence-electron chi connectivity index (χ1n) is 7.79. The van der Waals surface area contributed by atoms with E-state index in [1.54, 1.807) is 12.1 Å². The summed E-state index contributed by atoms with van der Waals surface area (Å²) in [5, 5.41) is 8.34. The predicted octanol–water partition coefficient (Wildman–Crippen LogP) is 5.06. The van der Waals surface area contributed by atoms with Gasteiger partial charge < -0.3 is 4.74 Å². The molecule has 0 unspecified atom stereocenters. The third-order valence-electron chi connectivity index (χ3n) is 4.20. The zero-order chi connectivity index (χ0) is 15.8. The third kappa shape index (κ3) is 5.57. The zero-order valence-corrected chi connectivity index (χ0v) is 12.6. The smallest absolute Gasteiger partial charge is 0.196 e. The average molecular weight is 305 g/mol. The van der Waals surface area contributed by atoms with Gasteiger partial charge >= 0.3 is 0 Å². The molecule has 0 N–H and O–H groups in total. The SMILES string of the molecule is N#CC(F)=CCC[C@H]1CC[C@H](OCc2ccc(F)cc2)CC1. The van der Waals surface area contributed by atoms with E-state index < -0.39 is 5.83 Å². The molecule has 0 saturated heterocycles. The highest BCUT2D eigenvalue weighted by Crippen LogP contribution is 2.30. The fourth-order valence-electron chi connectivity index (χ4n) is 2.87. The molecule has 0 heterocycles. The lowest BCUT2D eigenvalue weighted by molar-refractivity contribution is 0.00644. The van der Waals surface area contributed by atoms with Gasteiger partial charge in [0, 0.05) is 0 Å². The summed E-state index contributed by atoms with van der Waals surface area (Å²) in [7, 11) is 0. The molecule has 0 radical (unpaired) electrons. The van der Waals surface area contributed by atoms with Crippen LogP contribution < -0.4 is 0 Å². The van der Waals surface area contributed by atoms with Crippen LogP contribution in [0.1, 0.15) is 44.1 Å². The highest BCUT2D eigenvalue weighted by atomic mass is 19.1. The Morgan fingerprint density at radius 3 is 2.55 bits per heavy atom. The van der Waals surface area contributed by atoms with Crippen molar-refractivity contribution in [2.24, 2.45) is 5.92 Å². The first kappa shape index (κ1) is 16.6. The van der Waals surface area contributed by atoms with Crippen molar-refractivity contribution in [3.63, 3.8) is 0 Å². The van der Waals surface area contributed by atoms with E-state index in [-0.39, 0.29) is 11.9 Å². The van der Waals surface area contributed by atoms with Crippen molar-refractivity contribution in [3.8, 4) is 6.07 Å². The normalized spacial score (nSPS) is 22.3. The monoisotopic (exact) mass is 305 g/mol. The summed E-state index contributed by atoms with van der Waals surface area (Å²) in [4.78, 5) is 0. The molecule has 118 valence electrons. The molecule has 0 amide bonds. The number of hydrogen-bond donors (Lipinski definition) is 0. The lowest BCUT2D eigenvalue weighted by Crippen LogP contribution is -2.21. The van der Waals surface area contributed by atoms with Gasteiger partial charge in [-0.2, -0.15) is 9.65 Å². The molecule has 1 fully saturated rings. The van der Waals surface area contributed by atoms with Gasteiger partial charge in [-0.25, -0.2) is 4.39 Å². The molecule has 1 aromatic rings. The number of nitriles is 1. The predicted molar refractivity (Wildman–Crippen MR) is 81.0 cm³/mol. The summed E-state index contributed by atoms with van der Waals surface area (Å²) >= 11 is 0. The molecule has 1 aliphatic carbocycles. The van der Waals surface area contributed by atoms with Gasteiger partial charge in [-0.3, -0.25) is 0 Å². The van der Waals surface area contributed by atoms with E-state index in [9.17, 15) is 8.78 Å². The second kappa shape index (κ2) is 8.65. The van der Waals surface area contributed by atoms with Crippen molar-refractivity contribution < 1.29 is 13.5 Å². The minimum atomic E-state index is -0.684. The molecule has 2 nitrogen and oxygen atoms in total. The van der Waals surface area contributed by atoms with E-state index in [0.29, 0.717) is 18.9 Å². The average Bonchev–Trinajstić information content (AvgIpc) is 2.55. The van der Waals surface area contributed by atoms with Gasteiger partial charge in [0.25, 0.3) is 0 Å². The summed E-state index contributed by atoms with van der Waals surface area (Å²) in [6.07, 6.45) is 7.37. The van der Waals surface area contributed by atoms with Gasteiger partial charge in [0.05, 0.1) is 12.7 Å². The van der Waals surface area contributed by atoms with Gasteiger partial charge in [0.15, 0.2) is 5.83 Å². The second-order valence-corrected chi connectivity index (χ2v) is 5.82. The number of rotatable bonds is 6. The Hall–Kier alpha value is -1.73. The topological polar surface area (TPSA) is 33.0 Å². The van der Waals surface area contributed by atoms with Crippen molar-refractivity contribution >= 4 is 0 Å². The standard InChI is InChI=1S/C18H21F2NO/c19-16-8-4-15(5-9-16)13-22-18-10-6-14(7-11-18)2-1-3-17(20)12-21/h3-5,8-9,14,18H,1-2,6-7,10-11,13H2/t14-,18-. The van der Waals surface area contributed by atoms with Gasteiger partial charge in [0.1, 0.15) is 11.9 Å². The molecular weight excluding hydrogens is 284 g/mol. The number of hydrogen-bond acceptors (Lipinski definition) is 2. The summed E-state index contributed by atoms with van der Waals surface area (Å²) in [5.41, 5.74) is 0.987. The van der Waals surface area contributed by atoms with Crippen molar-refractivity contribution in [2.45, 2.75) is 51.2 Å². The van der Waals surface area contributed by atoms with Crippen LogP contribution in [0.25, 0.3) is 0 Å². The van der Waals surface area contributed by atoms with Crippen LogP contribution in [0.2, 0.25) is 0 Å². The summed E-state index contributed by atoms with van der Waals surface area (Å²) in [6.45, 7) is 0.520. The van der Waals surface area contributed by atoms with E-state index in [1.807, 2.05) is 0 Å². The molecule has 0 aliphatic heterocycles. The van der Waals surface area contributed by atoms with Crippen LogP contribution >= 0.6 is 0 Å². The molecule has 0 bridgehead atoms. The number of ether oxygens (including phenoxy) is 1. The molecule has 4 heteroatoms. The van der Waals surface area contributed by atoms with E-state index in [2.05, 4.69) is 0 Å². The first-order valence-corrected chi connectivity index (χ1v) is 7.79. The van der Waals surface area contributed by atoms with Crippen LogP contribution in [-0.2, 0) is 11.3 Å². The fourth-order valence-corrected chi connectivity index (χ4v) is 2.87. The van der Waals surface area contributed by atoms with Crippen LogP contribution in [0, 0.1) is 23.1 Å². The highest BCUT2D eigenvalue weighted by molar-refractivity contribution is 5.15. The molecule has 0 aromatic heterocycles. The molecular formula is C18H21F2NO. The number of allylic oxidation sites excluding steroid dienone is 2. The fraction of sp³-hybridized carbons (Fsp3) is 0.500. The van der Waals surface area contributed by atoms with Crippen LogP contribution in [0.15, 0.2) is 36.2 Å². The van der Waals surface area contributed by atoms with Crippen LogP contribution in [-0.4, -0.2) is 6.10 Å². The maximum atomic E-state index is 12.8. The van der Waals surface area contributed by atoms with Crippen LogP contribution in [0.4, 0.5) is 8.78 Å². The lowest BCUT2D eigenvalue weighted by atomic mass is 9.84. The number of halogens is 2. The Morgan fingerprint density at radius 2 is 1.91 bits per heavy atom. The molecule has 0 atom stereocenters. The number of nitrogens with zero attached hydrogens (tertiary/aromatic N) is 1. The van der Waals surface area contributed by atoms with Gasteiger partial charge in [-0.15, -0.1) is 0 Å². The molecule has 22 heavy (non-hydrogen) atoms. The maximum Gasteiger partial charge on any atom is 0.196 e. The third-order valence-corrected chi connectivity index (χ3v) is 4.20. The van der Waals surface area contributed by atoms with Crippen LogP contribution in [0.3, 0.4) is 0 Å². The Balaban J connectivity index is 1.65. The van der Waals surface area contributed by atoms with Gasteiger partial charge in [0.2, 0.25) is 0 Å². The van der Waals surface area contributed by atoms with Gasteiger partial charge in [-0.05, 0) is 68.2 Å². The van der Waals surface area contributed by atoms with Crippen LogP contribution in [0.5, 0.6) is 0 Å². The Kier molecular flexibility index (Phi) is 6.54. The Labute approximate surface area is 130 Å². The second-order valence-electron chi connectivity index (χ2n) is 5.82. The van der Waals surface area contributed by atoms with Crippen molar-refractivity contribution in [2.75, 3.05) is 0 Å². The van der Waals surface area contributed by atoms with Crippen molar-refractivity contribution in [3.05, 3.63) is 47.5 Å². The lowest BCUT2D eigenvalue weighted by Gasteiger charge is -2.28. The molecule has 1 aromatic carbocycles. The zero-order valence-electron chi connectivity index (χ0n) is 12.6. The van der Waals surface area contributed by atoms with E-state index in [0.717, 1.165) is 37.7 Å². The highest BCUT2D eigenvalue weighted by Gasteiger charge is 2.21. The molecule has 0 spiro atoms. The number of benzene rings is 1. The minimum Gasteiger partial charge on any atom is -0.374 e. The summed E-state index contributed by atoms with van der Waals surface area (Å²) in [6, 6.07) is 7.89. The van der Waals surface area contributed by atoms with E-state index >= 15 is 0 Å². The Morgan fingerprint density at radius 1 is 1.23 bits per heavy atom. The minimum absolute atomic E-state index is 0.230. The van der Waals surface area contributed by atoms with Crippen molar-refractivity contribution in [1.82, 2.24) is 0 Å². The molecule has 2 rings (SSSR count). The van der Waals surface area contributed by atoms with Gasteiger partial charge in [-0.1, -0.05) is 12.1 Å². The first-order chi connectivity index (χ1) is 10.7. The summed E-state index contributed by atoms with van der Waals surface area (Å²) in [5.74, 6) is -0.323. The quantitative estimate of drug-likeness (QED) is 0.688. The summed E-state index contributed by atoms with van der Waals surface area (Å²) < 4.78 is 31.4. The maximum absolute atomic E-state index is 12.8. The largest absolute Gasteiger partial charge is 0.374 e. The molecule has 1 aliphatic rings. The van der Waals surface area contributed by atoms with Crippen molar-refractivity contribution in [1.29, 1.82) is 5.26 Å². The van der Waals surface area contributed by atoms with E-state index in [4.69, 9.17) is 10.00 Å². The Bertz CT molecular complexity index is 525.